The van der Waals surface area contributed by atoms with Crippen LogP contribution < -0.4 is 5.32 Å². The lowest BCUT2D eigenvalue weighted by molar-refractivity contribution is 0.760. The predicted octanol–water partition coefficient (Wildman–Crippen LogP) is 3.94. The SMILES string of the molecule is CC(C)=CCNCc1ccc(Cl)c2cccnc12. The average Bonchev–Trinajstić information content (AvgIpc) is 2.37. The van der Waals surface area contributed by atoms with Gasteiger partial charge in [-0.15, -0.1) is 0 Å². The van der Waals surface area contributed by atoms with Gasteiger partial charge in [-0.3, -0.25) is 4.98 Å². The summed E-state index contributed by atoms with van der Waals surface area (Å²) in [5.74, 6) is 0. The quantitative estimate of drug-likeness (QED) is 0.665. The van der Waals surface area contributed by atoms with Gasteiger partial charge >= 0.3 is 0 Å². The van der Waals surface area contributed by atoms with Crippen LogP contribution in [-0.4, -0.2) is 11.5 Å². The number of hydrogen-bond donors (Lipinski definition) is 1. The number of aromatic nitrogens is 1. The molecule has 0 radical (unpaired) electrons. The van der Waals surface area contributed by atoms with Crippen molar-refractivity contribution in [2.45, 2.75) is 20.4 Å². The van der Waals surface area contributed by atoms with E-state index in [9.17, 15) is 0 Å². The number of nitrogens with zero attached hydrogens (tertiary/aromatic N) is 1. The molecule has 3 heteroatoms. The van der Waals surface area contributed by atoms with Gasteiger partial charge in [-0.05, 0) is 37.6 Å². The molecular formula is C15H17ClN2. The van der Waals surface area contributed by atoms with Gasteiger partial charge in [0.25, 0.3) is 0 Å². The Labute approximate surface area is 113 Å². The van der Waals surface area contributed by atoms with E-state index in [1.165, 1.54) is 11.1 Å². The fourth-order valence-corrected chi connectivity index (χ4v) is 2.04. The summed E-state index contributed by atoms with van der Waals surface area (Å²) < 4.78 is 0. The van der Waals surface area contributed by atoms with Crippen LogP contribution in [0.4, 0.5) is 0 Å². The highest BCUT2D eigenvalue weighted by atomic mass is 35.5. The standard InChI is InChI=1S/C15H17ClN2/c1-11(2)7-9-17-10-12-5-6-14(16)13-4-3-8-18-15(12)13/h3-8,17H,9-10H2,1-2H3. The van der Waals surface area contributed by atoms with Crippen LogP contribution in [0.25, 0.3) is 10.9 Å². The summed E-state index contributed by atoms with van der Waals surface area (Å²) in [5, 5.41) is 5.16. The second kappa shape index (κ2) is 5.98. The highest BCUT2D eigenvalue weighted by Gasteiger charge is 2.04. The van der Waals surface area contributed by atoms with E-state index >= 15 is 0 Å². The zero-order valence-electron chi connectivity index (χ0n) is 10.7. The van der Waals surface area contributed by atoms with E-state index in [0.717, 1.165) is 29.0 Å². The number of hydrogen-bond acceptors (Lipinski definition) is 2. The molecule has 1 heterocycles. The van der Waals surface area contributed by atoms with Crippen molar-refractivity contribution in [2.24, 2.45) is 0 Å². The van der Waals surface area contributed by atoms with E-state index < -0.39 is 0 Å². The summed E-state index contributed by atoms with van der Waals surface area (Å²) in [6.45, 7) is 5.87. The number of allylic oxidation sites excluding steroid dienone is 1. The first-order valence-corrected chi connectivity index (χ1v) is 6.42. The van der Waals surface area contributed by atoms with Crippen LogP contribution in [0.5, 0.6) is 0 Å². The Morgan fingerprint density at radius 1 is 1.33 bits per heavy atom. The zero-order valence-corrected chi connectivity index (χ0v) is 11.5. The molecule has 1 aromatic carbocycles. The first kappa shape index (κ1) is 13.1. The molecule has 2 nitrogen and oxygen atoms in total. The monoisotopic (exact) mass is 260 g/mol. The molecule has 0 saturated carbocycles. The topological polar surface area (TPSA) is 24.9 Å². The second-order valence-corrected chi connectivity index (χ2v) is 4.93. The van der Waals surface area contributed by atoms with Crippen molar-refractivity contribution < 1.29 is 0 Å². The third-order valence-electron chi connectivity index (χ3n) is 2.77. The summed E-state index contributed by atoms with van der Waals surface area (Å²) in [6, 6.07) is 7.88. The Bertz CT molecular complexity index is 572. The number of benzene rings is 1. The van der Waals surface area contributed by atoms with Crippen LogP contribution in [0.1, 0.15) is 19.4 Å². The molecule has 0 spiro atoms. The van der Waals surface area contributed by atoms with E-state index in [2.05, 4.69) is 30.2 Å². The number of pyridine rings is 1. The number of rotatable bonds is 4. The van der Waals surface area contributed by atoms with Gasteiger partial charge in [0, 0.05) is 29.7 Å². The highest BCUT2D eigenvalue weighted by Crippen LogP contribution is 2.24. The normalized spacial score (nSPS) is 10.6. The fraction of sp³-hybridized carbons (Fsp3) is 0.267. The molecule has 18 heavy (non-hydrogen) atoms. The molecule has 0 bridgehead atoms. The smallest absolute Gasteiger partial charge is 0.0761 e. The third-order valence-corrected chi connectivity index (χ3v) is 3.10. The summed E-state index contributed by atoms with van der Waals surface area (Å²) in [7, 11) is 0. The first-order valence-electron chi connectivity index (χ1n) is 6.04. The minimum Gasteiger partial charge on any atom is -0.309 e. The predicted molar refractivity (Wildman–Crippen MR) is 77.9 cm³/mol. The number of nitrogens with one attached hydrogen (secondary N) is 1. The van der Waals surface area contributed by atoms with Gasteiger partial charge in [0.15, 0.2) is 0 Å². The van der Waals surface area contributed by atoms with Crippen LogP contribution in [0, 0.1) is 0 Å². The molecule has 0 aliphatic rings. The minimum absolute atomic E-state index is 0.756. The molecule has 0 saturated heterocycles. The summed E-state index contributed by atoms with van der Waals surface area (Å²) in [6.07, 6.45) is 3.98. The third kappa shape index (κ3) is 3.09. The molecule has 0 unspecified atom stereocenters. The lowest BCUT2D eigenvalue weighted by Gasteiger charge is -2.07. The largest absolute Gasteiger partial charge is 0.309 e. The van der Waals surface area contributed by atoms with Gasteiger partial charge in [0.2, 0.25) is 0 Å². The molecule has 1 aromatic heterocycles. The Hall–Kier alpha value is -1.38. The Morgan fingerprint density at radius 2 is 2.17 bits per heavy atom. The van der Waals surface area contributed by atoms with Crippen LogP contribution >= 0.6 is 11.6 Å². The fourth-order valence-electron chi connectivity index (χ4n) is 1.82. The first-order chi connectivity index (χ1) is 8.68. The summed E-state index contributed by atoms with van der Waals surface area (Å²) in [4.78, 5) is 4.42. The second-order valence-electron chi connectivity index (χ2n) is 4.52. The maximum Gasteiger partial charge on any atom is 0.0761 e. The highest BCUT2D eigenvalue weighted by molar-refractivity contribution is 6.35. The van der Waals surface area contributed by atoms with Gasteiger partial charge < -0.3 is 5.32 Å². The van der Waals surface area contributed by atoms with E-state index in [0.29, 0.717) is 0 Å². The molecule has 0 fully saturated rings. The van der Waals surface area contributed by atoms with Crippen molar-refractivity contribution in [1.82, 2.24) is 10.3 Å². The lowest BCUT2D eigenvalue weighted by Crippen LogP contribution is -2.13. The Kier molecular flexibility index (Phi) is 4.34. The van der Waals surface area contributed by atoms with Crippen molar-refractivity contribution in [3.63, 3.8) is 0 Å². The zero-order chi connectivity index (χ0) is 13.0. The van der Waals surface area contributed by atoms with E-state index in [-0.39, 0.29) is 0 Å². The van der Waals surface area contributed by atoms with Gasteiger partial charge in [0.1, 0.15) is 0 Å². The molecule has 0 aliphatic heterocycles. The lowest BCUT2D eigenvalue weighted by atomic mass is 10.1. The van der Waals surface area contributed by atoms with Crippen LogP contribution in [0.3, 0.4) is 0 Å². The number of halogens is 1. The molecule has 0 aliphatic carbocycles. The van der Waals surface area contributed by atoms with Crippen molar-refractivity contribution in [2.75, 3.05) is 6.54 Å². The summed E-state index contributed by atoms with van der Waals surface area (Å²) >= 11 is 6.16. The van der Waals surface area contributed by atoms with Gasteiger partial charge in [0.05, 0.1) is 5.52 Å². The Morgan fingerprint density at radius 3 is 2.94 bits per heavy atom. The maximum atomic E-state index is 6.16. The van der Waals surface area contributed by atoms with Crippen molar-refractivity contribution in [3.05, 3.63) is 52.7 Å². The van der Waals surface area contributed by atoms with Crippen molar-refractivity contribution in [3.8, 4) is 0 Å². The van der Waals surface area contributed by atoms with E-state index in [1.807, 2.05) is 24.3 Å². The summed E-state index contributed by atoms with van der Waals surface area (Å²) in [5.41, 5.74) is 3.48. The van der Waals surface area contributed by atoms with Crippen LogP contribution in [-0.2, 0) is 6.54 Å². The van der Waals surface area contributed by atoms with Crippen LogP contribution in [0.15, 0.2) is 42.1 Å². The molecule has 0 amide bonds. The molecule has 0 atom stereocenters. The van der Waals surface area contributed by atoms with Gasteiger partial charge in [-0.25, -0.2) is 0 Å². The maximum absolute atomic E-state index is 6.16. The molecule has 94 valence electrons. The van der Waals surface area contributed by atoms with Crippen molar-refractivity contribution in [1.29, 1.82) is 0 Å². The van der Waals surface area contributed by atoms with Crippen LogP contribution in [0.2, 0.25) is 5.02 Å². The molecule has 1 N–H and O–H groups in total. The number of fused-ring (bicyclic) bond motifs is 1. The van der Waals surface area contributed by atoms with Gasteiger partial charge in [-0.2, -0.15) is 0 Å². The van der Waals surface area contributed by atoms with E-state index in [1.54, 1.807) is 6.20 Å². The average molecular weight is 261 g/mol. The van der Waals surface area contributed by atoms with E-state index in [4.69, 9.17) is 11.6 Å². The van der Waals surface area contributed by atoms with Gasteiger partial charge in [-0.1, -0.05) is 29.3 Å². The Balaban J connectivity index is 2.19. The molecule has 2 aromatic rings. The minimum atomic E-state index is 0.756. The van der Waals surface area contributed by atoms with Crippen molar-refractivity contribution >= 4 is 22.5 Å². The molecular weight excluding hydrogens is 244 g/mol. The molecule has 2 rings (SSSR count).